The maximum absolute atomic E-state index is 13.1. The van der Waals surface area contributed by atoms with Crippen LogP contribution in [0.5, 0.6) is 5.75 Å². The van der Waals surface area contributed by atoms with Crippen LogP contribution in [0.4, 0.5) is 10.5 Å². The number of ether oxygens (including phenoxy) is 1. The molecule has 1 aliphatic rings. The van der Waals surface area contributed by atoms with Crippen LogP contribution in [0, 0.1) is 25.4 Å². The van der Waals surface area contributed by atoms with Crippen LogP contribution in [0.25, 0.3) is 6.08 Å². The summed E-state index contributed by atoms with van der Waals surface area (Å²) in [5, 5.41) is 11.6. The molecule has 10 heteroatoms. The highest BCUT2D eigenvalue weighted by Gasteiger charge is 2.36. The third-order valence-electron chi connectivity index (χ3n) is 5.31. The van der Waals surface area contributed by atoms with Crippen LogP contribution < -0.4 is 10.1 Å². The van der Waals surface area contributed by atoms with E-state index in [-0.39, 0.29) is 18.1 Å². The Morgan fingerprint density at radius 3 is 2.68 bits per heavy atom. The number of carbonyl (C=O) groups is 3. The molecular formula is C27H19I2N3O4S. The van der Waals surface area contributed by atoms with Crippen molar-refractivity contribution in [1.82, 2.24) is 4.90 Å². The zero-order valence-electron chi connectivity index (χ0n) is 19.5. The average Bonchev–Trinajstić information content (AvgIpc) is 3.11. The Balaban J connectivity index is 1.54. The average molecular weight is 735 g/mol. The van der Waals surface area contributed by atoms with Crippen molar-refractivity contribution >= 4 is 85.8 Å². The van der Waals surface area contributed by atoms with E-state index >= 15 is 0 Å². The second kappa shape index (κ2) is 12.1. The number of amides is 3. The fourth-order valence-electron chi connectivity index (χ4n) is 3.59. The molecule has 0 saturated carbocycles. The molecule has 0 bridgehead atoms. The molecule has 1 aliphatic heterocycles. The Bertz CT molecular complexity index is 1480. The van der Waals surface area contributed by atoms with Gasteiger partial charge in [-0.2, -0.15) is 5.26 Å². The van der Waals surface area contributed by atoms with Gasteiger partial charge in [0.15, 0.2) is 0 Å². The summed E-state index contributed by atoms with van der Waals surface area (Å²) < 4.78 is 7.85. The predicted octanol–water partition coefficient (Wildman–Crippen LogP) is 6.33. The van der Waals surface area contributed by atoms with Crippen LogP contribution in [0.1, 0.15) is 22.3 Å². The lowest BCUT2D eigenvalue weighted by atomic mass is 10.1. The second-order valence-corrected chi connectivity index (χ2v) is 11.5. The Labute approximate surface area is 245 Å². The first-order valence-electron chi connectivity index (χ1n) is 11.0. The van der Waals surface area contributed by atoms with Gasteiger partial charge in [0.25, 0.3) is 11.1 Å². The lowest BCUT2D eigenvalue weighted by Crippen LogP contribution is -2.36. The predicted molar refractivity (Wildman–Crippen MR) is 160 cm³/mol. The van der Waals surface area contributed by atoms with Gasteiger partial charge in [0, 0.05) is 20.4 Å². The molecule has 0 aromatic heterocycles. The van der Waals surface area contributed by atoms with Gasteiger partial charge in [0.1, 0.15) is 18.9 Å². The van der Waals surface area contributed by atoms with Gasteiger partial charge in [-0.1, -0.05) is 30.3 Å². The number of carbonyl (C=O) groups excluding carboxylic acids is 3. The standard InChI is InChI=1S/C27H19I2N3O4S/c1-16-5-4-8-21(9-16)31-24(33)14-32-26(34)23(37-27(32)35)11-19-10-20(28)12-22(29)25(19)36-15-18-7-3-2-6-17(18)13-30/h2-12H,14-15H2,1H3,(H,31,33)/b23-11-. The monoisotopic (exact) mass is 735 g/mol. The van der Waals surface area contributed by atoms with Crippen LogP contribution in [-0.2, 0) is 16.2 Å². The summed E-state index contributed by atoms with van der Waals surface area (Å²) in [4.78, 5) is 39.3. The molecule has 0 radical (unpaired) electrons. The van der Waals surface area contributed by atoms with Crippen LogP contribution >= 0.6 is 56.9 Å². The number of anilines is 1. The molecular weight excluding hydrogens is 716 g/mol. The van der Waals surface area contributed by atoms with Gasteiger partial charge in [-0.05, 0) is 106 Å². The first kappa shape index (κ1) is 27.2. The quantitative estimate of drug-likeness (QED) is 0.225. The Morgan fingerprint density at radius 2 is 1.92 bits per heavy atom. The minimum absolute atomic E-state index is 0.168. The fourth-order valence-corrected chi connectivity index (χ4v) is 6.46. The minimum atomic E-state index is -0.538. The number of rotatable bonds is 7. The Kier molecular flexibility index (Phi) is 8.88. The maximum Gasteiger partial charge on any atom is 0.294 e. The molecule has 3 amide bonds. The van der Waals surface area contributed by atoms with Crippen molar-refractivity contribution in [1.29, 1.82) is 5.26 Å². The Morgan fingerprint density at radius 1 is 1.14 bits per heavy atom. The van der Waals surface area contributed by atoms with Crippen LogP contribution in [0.2, 0.25) is 0 Å². The molecule has 0 atom stereocenters. The second-order valence-electron chi connectivity index (χ2n) is 8.05. The van der Waals surface area contributed by atoms with E-state index in [2.05, 4.69) is 56.6 Å². The highest BCUT2D eigenvalue weighted by molar-refractivity contribution is 14.1. The number of nitriles is 1. The van der Waals surface area contributed by atoms with Crippen LogP contribution in [0.15, 0.2) is 65.6 Å². The van der Waals surface area contributed by atoms with E-state index < -0.39 is 17.1 Å². The van der Waals surface area contributed by atoms with Crippen molar-refractivity contribution in [2.75, 3.05) is 11.9 Å². The van der Waals surface area contributed by atoms with Gasteiger partial charge in [-0.15, -0.1) is 0 Å². The molecule has 1 saturated heterocycles. The summed E-state index contributed by atoms with van der Waals surface area (Å²) in [7, 11) is 0. The van der Waals surface area contributed by atoms with Crippen molar-refractivity contribution in [3.05, 3.63) is 95.0 Å². The molecule has 3 aromatic rings. The van der Waals surface area contributed by atoms with Gasteiger partial charge in [0.05, 0.1) is 20.1 Å². The number of aryl methyl sites for hydroxylation is 1. The van der Waals surface area contributed by atoms with E-state index in [9.17, 15) is 19.6 Å². The number of hydrogen-bond donors (Lipinski definition) is 1. The van der Waals surface area contributed by atoms with Crippen molar-refractivity contribution in [3.63, 3.8) is 0 Å². The molecule has 37 heavy (non-hydrogen) atoms. The summed E-state index contributed by atoms with van der Waals surface area (Å²) >= 11 is 5.11. The molecule has 0 unspecified atom stereocenters. The number of nitrogens with zero attached hydrogens (tertiary/aromatic N) is 2. The molecule has 1 N–H and O–H groups in total. The normalized spacial score (nSPS) is 14.1. The summed E-state index contributed by atoms with van der Waals surface area (Å²) in [6.07, 6.45) is 1.61. The van der Waals surface area contributed by atoms with Gasteiger partial charge in [-0.25, -0.2) is 0 Å². The third-order valence-corrected chi connectivity index (χ3v) is 7.64. The number of hydrogen-bond acceptors (Lipinski definition) is 6. The zero-order valence-corrected chi connectivity index (χ0v) is 24.6. The first-order valence-corrected chi connectivity index (χ1v) is 13.9. The maximum atomic E-state index is 13.1. The molecule has 1 heterocycles. The smallest absolute Gasteiger partial charge is 0.294 e. The Hall–Kier alpha value is -2.89. The highest BCUT2D eigenvalue weighted by atomic mass is 127. The van der Waals surface area contributed by atoms with Crippen LogP contribution in [0.3, 0.4) is 0 Å². The first-order chi connectivity index (χ1) is 17.7. The van der Waals surface area contributed by atoms with Crippen molar-refractivity contribution < 1.29 is 19.1 Å². The van der Waals surface area contributed by atoms with Crippen molar-refractivity contribution in [2.24, 2.45) is 0 Å². The number of imide groups is 1. The number of benzene rings is 3. The van der Waals surface area contributed by atoms with Gasteiger partial charge in [-0.3, -0.25) is 19.3 Å². The van der Waals surface area contributed by atoms with Crippen molar-refractivity contribution in [2.45, 2.75) is 13.5 Å². The minimum Gasteiger partial charge on any atom is -0.487 e. The molecule has 186 valence electrons. The van der Waals surface area contributed by atoms with E-state index in [1.807, 2.05) is 43.3 Å². The van der Waals surface area contributed by atoms with E-state index in [0.717, 1.165) is 34.9 Å². The molecule has 1 fully saturated rings. The number of halogens is 2. The lowest BCUT2D eigenvalue weighted by Gasteiger charge is -2.14. The van der Waals surface area contributed by atoms with Gasteiger partial charge >= 0.3 is 0 Å². The van der Waals surface area contributed by atoms with Gasteiger partial charge in [0.2, 0.25) is 5.91 Å². The molecule has 7 nitrogen and oxygen atoms in total. The SMILES string of the molecule is Cc1cccc(NC(=O)CN2C(=O)S/C(=C\c3cc(I)cc(I)c3OCc3ccccc3C#N)C2=O)c1. The highest BCUT2D eigenvalue weighted by Crippen LogP contribution is 2.36. The van der Waals surface area contributed by atoms with Crippen molar-refractivity contribution in [3.8, 4) is 11.8 Å². The molecule has 3 aromatic carbocycles. The third kappa shape index (κ3) is 6.71. The van der Waals surface area contributed by atoms with E-state index in [1.54, 1.807) is 30.3 Å². The largest absolute Gasteiger partial charge is 0.487 e. The molecule has 0 spiro atoms. The number of nitrogens with one attached hydrogen (secondary N) is 1. The van der Waals surface area contributed by atoms with Crippen LogP contribution in [-0.4, -0.2) is 28.5 Å². The van der Waals surface area contributed by atoms with E-state index in [1.165, 1.54) is 0 Å². The fraction of sp³-hybridized carbons (Fsp3) is 0.111. The van der Waals surface area contributed by atoms with E-state index in [4.69, 9.17) is 4.74 Å². The van der Waals surface area contributed by atoms with E-state index in [0.29, 0.717) is 22.6 Å². The summed E-state index contributed by atoms with van der Waals surface area (Å²) in [5.74, 6) is -0.458. The summed E-state index contributed by atoms with van der Waals surface area (Å²) in [6, 6.07) is 20.4. The number of thioether (sulfide) groups is 1. The topological polar surface area (TPSA) is 99.5 Å². The van der Waals surface area contributed by atoms with Gasteiger partial charge < -0.3 is 10.1 Å². The summed E-state index contributed by atoms with van der Waals surface area (Å²) in [6.45, 7) is 1.69. The zero-order chi connectivity index (χ0) is 26.5. The summed E-state index contributed by atoms with van der Waals surface area (Å²) in [5.41, 5.74) is 3.47. The lowest BCUT2D eigenvalue weighted by molar-refractivity contribution is -0.127. The molecule has 4 rings (SSSR count). The molecule has 0 aliphatic carbocycles.